The highest BCUT2D eigenvalue weighted by atomic mass is 35.5. The predicted molar refractivity (Wildman–Crippen MR) is 77.0 cm³/mol. The van der Waals surface area contributed by atoms with Crippen LogP contribution in [0.3, 0.4) is 0 Å². The molecule has 3 rings (SSSR count). The molecule has 5 heteroatoms. The Labute approximate surface area is 119 Å². The number of rotatable bonds is 2. The smallest absolute Gasteiger partial charge is 0.117 e. The van der Waals surface area contributed by atoms with Gasteiger partial charge in [-0.15, -0.1) is 0 Å². The lowest BCUT2D eigenvalue weighted by molar-refractivity contribution is 0.476. The molecule has 0 aliphatic heterocycles. The highest BCUT2D eigenvalue weighted by Gasteiger charge is 2.06. The van der Waals surface area contributed by atoms with Crippen LogP contribution in [0.2, 0.25) is 10.0 Å². The molecule has 0 spiro atoms. The number of hydrogen-bond acceptors (Lipinski definition) is 2. The Morgan fingerprint density at radius 2 is 1.89 bits per heavy atom. The van der Waals surface area contributed by atoms with Crippen LogP contribution < -0.4 is 0 Å². The lowest BCUT2D eigenvalue weighted by Crippen LogP contribution is -1.90. The zero-order chi connectivity index (χ0) is 13.4. The number of phenolic OH excluding ortho intramolecular Hbond substituents is 1. The first-order chi connectivity index (χ1) is 9.11. The lowest BCUT2D eigenvalue weighted by Gasteiger charge is -2.00. The molecule has 0 bridgehead atoms. The standard InChI is InChI=1S/C14H10Cl2N2O/c15-10-3-1-8(5-11(10)16)6-14-17-12-4-2-9(19)7-13(12)18-14/h1-5,7,19H,6H2,(H,17,18). The molecule has 0 saturated carbocycles. The number of nitrogens with one attached hydrogen (secondary N) is 1. The molecule has 19 heavy (non-hydrogen) atoms. The molecule has 0 aliphatic carbocycles. The van der Waals surface area contributed by atoms with Crippen molar-refractivity contribution in [2.45, 2.75) is 6.42 Å². The zero-order valence-corrected chi connectivity index (χ0v) is 11.3. The molecular formula is C14H10Cl2N2O. The lowest BCUT2D eigenvalue weighted by atomic mass is 10.1. The van der Waals surface area contributed by atoms with E-state index in [2.05, 4.69) is 9.97 Å². The van der Waals surface area contributed by atoms with E-state index in [0.29, 0.717) is 16.5 Å². The molecule has 1 aromatic heterocycles. The minimum Gasteiger partial charge on any atom is -0.508 e. The largest absolute Gasteiger partial charge is 0.508 e. The summed E-state index contributed by atoms with van der Waals surface area (Å²) in [6, 6.07) is 10.6. The Hall–Kier alpha value is -1.71. The Morgan fingerprint density at radius 3 is 2.68 bits per heavy atom. The number of hydrogen-bond donors (Lipinski definition) is 2. The third kappa shape index (κ3) is 2.53. The molecule has 0 atom stereocenters. The van der Waals surface area contributed by atoms with Crippen molar-refractivity contribution in [1.82, 2.24) is 9.97 Å². The van der Waals surface area contributed by atoms with Gasteiger partial charge in [-0.1, -0.05) is 29.3 Å². The fourth-order valence-corrected chi connectivity index (χ4v) is 2.30. The molecule has 1 heterocycles. The van der Waals surface area contributed by atoms with Gasteiger partial charge in [-0.3, -0.25) is 0 Å². The van der Waals surface area contributed by atoms with E-state index in [1.54, 1.807) is 24.3 Å². The Balaban J connectivity index is 1.94. The number of H-pyrrole nitrogens is 1. The van der Waals surface area contributed by atoms with Gasteiger partial charge in [0.15, 0.2) is 0 Å². The molecule has 0 fully saturated rings. The van der Waals surface area contributed by atoms with Crippen molar-refractivity contribution in [3.63, 3.8) is 0 Å². The highest BCUT2D eigenvalue weighted by Crippen LogP contribution is 2.24. The van der Waals surface area contributed by atoms with Crippen LogP contribution >= 0.6 is 23.2 Å². The van der Waals surface area contributed by atoms with E-state index in [4.69, 9.17) is 23.2 Å². The van der Waals surface area contributed by atoms with Crippen molar-refractivity contribution in [2.24, 2.45) is 0 Å². The minimum absolute atomic E-state index is 0.220. The monoisotopic (exact) mass is 292 g/mol. The average Bonchev–Trinajstić information content (AvgIpc) is 2.75. The second-order valence-electron chi connectivity index (χ2n) is 4.31. The van der Waals surface area contributed by atoms with Gasteiger partial charge in [-0.25, -0.2) is 4.98 Å². The van der Waals surface area contributed by atoms with Crippen LogP contribution in [0, 0.1) is 0 Å². The molecule has 0 aliphatic rings. The van der Waals surface area contributed by atoms with Crippen LogP contribution in [0.5, 0.6) is 5.75 Å². The van der Waals surface area contributed by atoms with Crippen molar-refractivity contribution in [1.29, 1.82) is 0 Å². The van der Waals surface area contributed by atoms with Gasteiger partial charge < -0.3 is 10.1 Å². The van der Waals surface area contributed by atoms with E-state index in [-0.39, 0.29) is 5.75 Å². The van der Waals surface area contributed by atoms with Gasteiger partial charge in [0.1, 0.15) is 11.6 Å². The summed E-state index contributed by atoms with van der Waals surface area (Å²) in [6.07, 6.45) is 0.631. The van der Waals surface area contributed by atoms with Gasteiger partial charge >= 0.3 is 0 Å². The van der Waals surface area contributed by atoms with Crippen LogP contribution in [-0.2, 0) is 6.42 Å². The summed E-state index contributed by atoms with van der Waals surface area (Å²) in [7, 11) is 0. The summed E-state index contributed by atoms with van der Waals surface area (Å²) in [5.74, 6) is 1.04. The van der Waals surface area contributed by atoms with Crippen molar-refractivity contribution in [3.8, 4) is 5.75 Å². The van der Waals surface area contributed by atoms with Gasteiger partial charge in [0.2, 0.25) is 0 Å². The predicted octanol–water partition coefficient (Wildman–Crippen LogP) is 4.17. The second kappa shape index (κ2) is 4.76. The quantitative estimate of drug-likeness (QED) is 0.745. The van der Waals surface area contributed by atoms with Crippen LogP contribution in [0.15, 0.2) is 36.4 Å². The SMILES string of the molecule is Oc1ccc2nc(Cc3ccc(Cl)c(Cl)c3)[nH]c2c1. The molecule has 0 unspecified atom stereocenters. The summed E-state index contributed by atoms with van der Waals surface area (Å²) in [6.45, 7) is 0. The third-order valence-corrected chi connectivity index (χ3v) is 3.61. The first kappa shape index (κ1) is 12.3. The highest BCUT2D eigenvalue weighted by molar-refractivity contribution is 6.42. The van der Waals surface area contributed by atoms with E-state index in [9.17, 15) is 5.11 Å². The van der Waals surface area contributed by atoms with Gasteiger partial charge in [-0.05, 0) is 29.8 Å². The molecule has 3 aromatic rings. The van der Waals surface area contributed by atoms with Gasteiger partial charge in [-0.2, -0.15) is 0 Å². The number of aromatic amines is 1. The third-order valence-electron chi connectivity index (χ3n) is 2.87. The average molecular weight is 293 g/mol. The van der Waals surface area contributed by atoms with E-state index in [1.807, 2.05) is 12.1 Å². The second-order valence-corrected chi connectivity index (χ2v) is 5.12. The van der Waals surface area contributed by atoms with Gasteiger partial charge in [0.25, 0.3) is 0 Å². The Bertz CT molecular complexity index is 752. The summed E-state index contributed by atoms with van der Waals surface area (Å²) in [4.78, 5) is 7.63. The number of halogens is 2. The maximum atomic E-state index is 9.42. The van der Waals surface area contributed by atoms with E-state index in [1.165, 1.54) is 0 Å². The van der Waals surface area contributed by atoms with Crippen molar-refractivity contribution >= 4 is 34.2 Å². The van der Waals surface area contributed by atoms with Gasteiger partial charge in [0, 0.05) is 12.5 Å². The van der Waals surface area contributed by atoms with E-state index < -0.39 is 0 Å². The topological polar surface area (TPSA) is 48.9 Å². The first-order valence-electron chi connectivity index (χ1n) is 5.73. The number of imidazole rings is 1. The molecule has 2 N–H and O–H groups in total. The van der Waals surface area contributed by atoms with E-state index in [0.717, 1.165) is 22.4 Å². The van der Waals surface area contributed by atoms with Crippen LogP contribution in [-0.4, -0.2) is 15.1 Å². The van der Waals surface area contributed by atoms with Crippen LogP contribution in [0.4, 0.5) is 0 Å². The molecule has 0 saturated heterocycles. The zero-order valence-electron chi connectivity index (χ0n) is 9.82. The number of nitrogens with zero attached hydrogens (tertiary/aromatic N) is 1. The van der Waals surface area contributed by atoms with Gasteiger partial charge in [0.05, 0.1) is 21.1 Å². The number of aromatic nitrogens is 2. The number of fused-ring (bicyclic) bond motifs is 1. The Kier molecular flexibility index (Phi) is 3.09. The maximum absolute atomic E-state index is 9.42. The maximum Gasteiger partial charge on any atom is 0.117 e. The molecule has 2 aromatic carbocycles. The first-order valence-corrected chi connectivity index (χ1v) is 6.49. The van der Waals surface area contributed by atoms with Crippen LogP contribution in [0.25, 0.3) is 11.0 Å². The molecule has 0 amide bonds. The van der Waals surface area contributed by atoms with Crippen molar-refractivity contribution in [2.75, 3.05) is 0 Å². The number of aromatic hydroxyl groups is 1. The Morgan fingerprint density at radius 1 is 1.05 bits per heavy atom. The van der Waals surface area contributed by atoms with Crippen LogP contribution in [0.1, 0.15) is 11.4 Å². The summed E-state index contributed by atoms with van der Waals surface area (Å²) >= 11 is 11.9. The molecule has 3 nitrogen and oxygen atoms in total. The number of phenols is 1. The molecule has 96 valence electrons. The summed E-state index contributed by atoms with van der Waals surface area (Å²) in [5.41, 5.74) is 2.67. The fraction of sp³-hybridized carbons (Fsp3) is 0.0714. The fourth-order valence-electron chi connectivity index (χ4n) is 1.98. The molecular weight excluding hydrogens is 283 g/mol. The normalized spacial score (nSPS) is 11.1. The van der Waals surface area contributed by atoms with Crippen molar-refractivity contribution in [3.05, 3.63) is 57.8 Å². The minimum atomic E-state index is 0.220. The molecule has 0 radical (unpaired) electrons. The summed E-state index contributed by atoms with van der Waals surface area (Å²) < 4.78 is 0. The number of benzene rings is 2. The summed E-state index contributed by atoms with van der Waals surface area (Å²) in [5, 5.41) is 10.5. The van der Waals surface area contributed by atoms with Crippen molar-refractivity contribution < 1.29 is 5.11 Å². The van der Waals surface area contributed by atoms with E-state index >= 15 is 0 Å².